The van der Waals surface area contributed by atoms with Crippen LogP contribution in [0.5, 0.6) is 0 Å². The summed E-state index contributed by atoms with van der Waals surface area (Å²) in [6.45, 7) is 4.07. The van der Waals surface area contributed by atoms with E-state index in [4.69, 9.17) is 9.42 Å². The molecule has 1 rings (SSSR count). The first-order chi connectivity index (χ1) is 14.8. The largest absolute Gasteiger partial charge is 0.388 e. The highest BCUT2D eigenvalue weighted by Crippen LogP contribution is 2.36. The second-order valence-electron chi connectivity index (χ2n) is 7.69. The van der Waals surface area contributed by atoms with Gasteiger partial charge in [-0.05, 0) is 43.5 Å². The number of carbonyl (C=O) groups excluding carboxylic acids is 2. The van der Waals surface area contributed by atoms with Gasteiger partial charge < -0.3 is 25.4 Å². The van der Waals surface area contributed by atoms with Crippen LogP contribution in [0.4, 0.5) is 5.69 Å². The van der Waals surface area contributed by atoms with Gasteiger partial charge in [0.1, 0.15) is 6.04 Å². The first kappa shape index (κ1) is 27.1. The van der Waals surface area contributed by atoms with Crippen molar-refractivity contribution in [3.63, 3.8) is 0 Å². The second kappa shape index (κ2) is 15.0. The van der Waals surface area contributed by atoms with Crippen molar-refractivity contribution in [2.24, 2.45) is 0 Å². The van der Waals surface area contributed by atoms with Crippen molar-refractivity contribution >= 4 is 25.1 Å². The summed E-state index contributed by atoms with van der Waals surface area (Å²) in [4.78, 5) is 34.3. The summed E-state index contributed by atoms with van der Waals surface area (Å²) in [6.07, 6.45) is 6.78. The third-order valence-corrected chi connectivity index (χ3v) is 5.52. The molecule has 0 fully saturated rings. The van der Waals surface area contributed by atoms with Crippen molar-refractivity contribution < 1.29 is 23.6 Å². The summed E-state index contributed by atoms with van der Waals surface area (Å²) in [5, 5.41) is 8.81. The van der Waals surface area contributed by atoms with E-state index in [1.807, 2.05) is 19.2 Å². The molecule has 2 atom stereocenters. The van der Waals surface area contributed by atoms with E-state index in [1.165, 1.54) is 6.66 Å². The molecule has 31 heavy (non-hydrogen) atoms. The van der Waals surface area contributed by atoms with Gasteiger partial charge in [0.15, 0.2) is 0 Å². The van der Waals surface area contributed by atoms with Crippen LogP contribution in [-0.2, 0) is 13.9 Å². The van der Waals surface area contributed by atoms with Crippen LogP contribution in [0.25, 0.3) is 0 Å². The van der Waals surface area contributed by atoms with Gasteiger partial charge in [-0.3, -0.25) is 14.2 Å². The van der Waals surface area contributed by atoms with Crippen LogP contribution in [-0.4, -0.2) is 49.6 Å². The third kappa shape index (κ3) is 12.5. The lowest BCUT2D eigenvalue weighted by atomic mass is 10.1. The van der Waals surface area contributed by atoms with Crippen molar-refractivity contribution in [2.75, 3.05) is 32.2 Å². The maximum atomic E-state index is 12.6. The summed E-state index contributed by atoms with van der Waals surface area (Å²) >= 11 is 0. The first-order valence-electron chi connectivity index (χ1n) is 11.1. The van der Waals surface area contributed by atoms with Gasteiger partial charge >= 0.3 is 7.60 Å². The summed E-state index contributed by atoms with van der Waals surface area (Å²) in [6, 6.07) is 6.57. The van der Waals surface area contributed by atoms with Crippen molar-refractivity contribution in [3.05, 3.63) is 29.8 Å². The Kier molecular flexibility index (Phi) is 13.1. The van der Waals surface area contributed by atoms with Crippen LogP contribution in [0.1, 0.15) is 68.6 Å². The molecule has 0 bridgehead atoms. The Labute approximate surface area is 186 Å². The topological polar surface area (TPSA) is 117 Å². The van der Waals surface area contributed by atoms with E-state index in [9.17, 15) is 14.2 Å². The second-order valence-corrected chi connectivity index (χ2v) is 9.55. The van der Waals surface area contributed by atoms with E-state index in [0.717, 1.165) is 44.2 Å². The molecule has 0 heterocycles. The Morgan fingerprint density at radius 3 is 2.35 bits per heavy atom. The fourth-order valence-corrected chi connectivity index (χ4v) is 3.51. The van der Waals surface area contributed by atoms with Crippen LogP contribution in [0.2, 0.25) is 0 Å². The van der Waals surface area contributed by atoms with Gasteiger partial charge in [-0.15, -0.1) is 0 Å². The molecule has 0 saturated heterocycles. The van der Waals surface area contributed by atoms with Crippen molar-refractivity contribution in [2.45, 2.75) is 64.3 Å². The first-order valence-corrected chi connectivity index (χ1v) is 13.1. The zero-order valence-electron chi connectivity index (χ0n) is 19.0. The lowest BCUT2D eigenvalue weighted by Crippen LogP contribution is -2.47. The van der Waals surface area contributed by atoms with E-state index in [0.29, 0.717) is 24.9 Å². The zero-order valence-corrected chi connectivity index (χ0v) is 19.9. The summed E-state index contributed by atoms with van der Waals surface area (Å²) in [5.41, 5.74) is 1.44. The van der Waals surface area contributed by atoms with E-state index in [-0.39, 0.29) is 18.4 Å². The predicted molar refractivity (Wildman–Crippen MR) is 125 cm³/mol. The van der Waals surface area contributed by atoms with Crippen LogP contribution in [0.15, 0.2) is 24.3 Å². The van der Waals surface area contributed by atoms with Gasteiger partial charge in [-0.1, -0.05) is 39.0 Å². The number of hydrogen-bond acceptors (Lipinski definition) is 5. The van der Waals surface area contributed by atoms with Gasteiger partial charge in [-0.2, -0.15) is 0 Å². The molecule has 0 aliphatic carbocycles. The Balaban J connectivity index is 2.42. The van der Waals surface area contributed by atoms with Crippen LogP contribution < -0.4 is 16.0 Å². The average molecular weight is 456 g/mol. The number of hydrogen-bond donors (Lipinski definition) is 4. The number of amides is 2. The molecule has 176 valence electrons. The van der Waals surface area contributed by atoms with E-state index < -0.39 is 13.6 Å². The SMILES string of the molecule is CCCCCC(NC(=O)c1ccc(NC)cc1)C(=O)NCCCCCCOP(C)(=O)O. The minimum Gasteiger partial charge on any atom is -0.388 e. The van der Waals surface area contributed by atoms with Gasteiger partial charge in [-0.25, -0.2) is 0 Å². The molecule has 1 aromatic carbocycles. The molecule has 0 saturated carbocycles. The fraction of sp³-hybridized carbons (Fsp3) is 0.636. The molecule has 1 aromatic rings. The van der Waals surface area contributed by atoms with E-state index in [1.54, 1.807) is 12.1 Å². The lowest BCUT2D eigenvalue weighted by Gasteiger charge is -2.19. The van der Waals surface area contributed by atoms with Crippen LogP contribution in [0.3, 0.4) is 0 Å². The van der Waals surface area contributed by atoms with Gasteiger partial charge in [0.25, 0.3) is 5.91 Å². The normalized spacial score (nSPS) is 13.8. The van der Waals surface area contributed by atoms with E-state index in [2.05, 4.69) is 22.9 Å². The van der Waals surface area contributed by atoms with Crippen molar-refractivity contribution in [1.82, 2.24) is 10.6 Å². The molecule has 2 amide bonds. The minimum atomic E-state index is -3.40. The quantitative estimate of drug-likeness (QED) is 0.222. The number of anilines is 1. The maximum Gasteiger partial charge on any atom is 0.325 e. The maximum absolute atomic E-state index is 12.6. The molecule has 9 heteroatoms. The molecule has 0 aliphatic heterocycles. The third-order valence-electron chi connectivity index (χ3n) is 4.86. The number of carbonyl (C=O) groups is 2. The molecule has 4 N–H and O–H groups in total. The summed E-state index contributed by atoms with van der Waals surface area (Å²) < 4.78 is 15.9. The van der Waals surface area contributed by atoms with Gasteiger partial charge in [0.2, 0.25) is 5.91 Å². The van der Waals surface area contributed by atoms with Crippen LogP contribution >= 0.6 is 7.60 Å². The minimum absolute atomic E-state index is 0.160. The Bertz CT molecular complexity index is 706. The summed E-state index contributed by atoms with van der Waals surface area (Å²) in [7, 11) is -1.58. The molecule has 0 aliphatic rings. The molecule has 8 nitrogen and oxygen atoms in total. The standard InChI is InChI=1S/C22H38N3O5P/c1-4-5-8-11-20(25-21(26)18-12-14-19(23-2)15-13-18)22(27)24-16-9-6-7-10-17-30-31(3,28)29/h12-15,20,23H,4-11,16-17H2,1-3H3,(H,24,27)(H,25,26)(H,28,29). The number of nitrogens with one attached hydrogen (secondary N) is 3. The highest BCUT2D eigenvalue weighted by Gasteiger charge is 2.20. The Hall–Kier alpha value is -1.89. The molecular weight excluding hydrogens is 417 g/mol. The molecule has 2 unspecified atom stereocenters. The number of benzene rings is 1. The van der Waals surface area contributed by atoms with Crippen molar-refractivity contribution in [3.8, 4) is 0 Å². The van der Waals surface area contributed by atoms with Gasteiger partial charge in [0, 0.05) is 31.5 Å². The highest BCUT2D eigenvalue weighted by atomic mass is 31.2. The van der Waals surface area contributed by atoms with Crippen LogP contribution in [0, 0.1) is 0 Å². The average Bonchev–Trinajstić information content (AvgIpc) is 2.74. The number of unbranched alkanes of at least 4 members (excludes halogenated alkanes) is 5. The Morgan fingerprint density at radius 2 is 1.74 bits per heavy atom. The number of rotatable bonds is 16. The molecule has 0 spiro atoms. The van der Waals surface area contributed by atoms with Crippen molar-refractivity contribution in [1.29, 1.82) is 0 Å². The predicted octanol–water partition coefficient (Wildman–Crippen LogP) is 3.92. The monoisotopic (exact) mass is 455 g/mol. The smallest absolute Gasteiger partial charge is 0.325 e. The molecule has 0 aromatic heterocycles. The Morgan fingerprint density at radius 1 is 1.06 bits per heavy atom. The highest BCUT2D eigenvalue weighted by molar-refractivity contribution is 7.51. The van der Waals surface area contributed by atoms with Gasteiger partial charge in [0.05, 0.1) is 6.61 Å². The summed E-state index contributed by atoms with van der Waals surface area (Å²) in [5.74, 6) is -0.414. The van der Waals surface area contributed by atoms with E-state index >= 15 is 0 Å². The molecular formula is C22H38N3O5P. The lowest BCUT2D eigenvalue weighted by molar-refractivity contribution is -0.123. The molecule has 0 radical (unpaired) electrons. The zero-order chi connectivity index (χ0) is 23.1. The fourth-order valence-electron chi connectivity index (χ4n) is 3.05.